The summed E-state index contributed by atoms with van der Waals surface area (Å²) in [5, 5.41) is 25.8. The minimum absolute atomic E-state index is 0.0654. The van der Waals surface area contributed by atoms with Crippen LogP contribution in [0.25, 0.3) is 0 Å². The number of carbonyl (C=O) groups is 7. The number of Topliss-reactive ketones (excluding diaryl/α,β-unsaturated/α-hetero) is 1. The van der Waals surface area contributed by atoms with Crippen molar-refractivity contribution in [3.63, 3.8) is 0 Å². The highest BCUT2D eigenvalue weighted by molar-refractivity contribution is 7.85. The predicted octanol–water partition coefficient (Wildman–Crippen LogP) is 0.323. The molecule has 3 atom stereocenters. The molecule has 0 aliphatic carbocycles. The van der Waals surface area contributed by atoms with Gasteiger partial charge < -0.3 is 31.9 Å². The van der Waals surface area contributed by atoms with Crippen molar-refractivity contribution in [1.29, 1.82) is 0 Å². The number of unbranched alkanes of at least 4 members (excludes halogenated alkanes) is 1. The van der Waals surface area contributed by atoms with Crippen LogP contribution in [0, 0.1) is 12.8 Å². The average molecular weight is 671 g/mol. The van der Waals surface area contributed by atoms with Crippen LogP contribution < -0.4 is 21.7 Å². The van der Waals surface area contributed by atoms with Gasteiger partial charge in [0.2, 0.25) is 17.7 Å². The van der Waals surface area contributed by atoms with Crippen molar-refractivity contribution in [1.82, 2.24) is 16.0 Å². The number of primary amides is 1. The third-order valence-electron chi connectivity index (χ3n) is 6.90. The molecule has 0 aliphatic heterocycles. The summed E-state index contributed by atoms with van der Waals surface area (Å²) in [5.41, 5.74) is 6.91. The van der Waals surface area contributed by atoms with Crippen molar-refractivity contribution >= 4 is 51.5 Å². The number of nitrogens with two attached hydrogens (primary N) is 1. The van der Waals surface area contributed by atoms with Gasteiger partial charge in [0, 0.05) is 37.8 Å². The lowest BCUT2D eigenvalue weighted by atomic mass is 9.93. The van der Waals surface area contributed by atoms with Gasteiger partial charge in [0.15, 0.2) is 5.78 Å². The Hall–Kier alpha value is -4.38. The lowest BCUT2D eigenvalue weighted by Crippen LogP contribution is -2.45. The SMILES string of the molecule is Cc1ccc(C(=O)NCCCCC(NC(=O)CCC(CC(=O)C(CCS(=O)(=O)O)NC(=O)CCCC(=O)O)C(=O)O)C(N)=O)cc1. The molecule has 0 aliphatic rings. The first-order chi connectivity index (χ1) is 21.5. The zero-order valence-corrected chi connectivity index (χ0v) is 26.3. The summed E-state index contributed by atoms with van der Waals surface area (Å²) in [4.78, 5) is 84.1. The smallest absolute Gasteiger partial charge is 0.306 e. The normalized spacial score (nSPS) is 13.1. The molecule has 0 radical (unpaired) electrons. The summed E-state index contributed by atoms with van der Waals surface area (Å²) >= 11 is 0. The molecule has 4 amide bonds. The van der Waals surface area contributed by atoms with E-state index in [-0.39, 0.29) is 38.0 Å². The van der Waals surface area contributed by atoms with Crippen LogP contribution in [0.2, 0.25) is 0 Å². The first-order valence-electron chi connectivity index (χ1n) is 14.6. The molecular formula is C29H42N4O12S. The molecule has 0 spiro atoms. The monoisotopic (exact) mass is 670 g/mol. The molecule has 0 bridgehead atoms. The topological polar surface area (TPSA) is 276 Å². The van der Waals surface area contributed by atoms with Gasteiger partial charge in [-0.05, 0) is 57.6 Å². The highest BCUT2D eigenvalue weighted by Crippen LogP contribution is 2.16. The highest BCUT2D eigenvalue weighted by atomic mass is 32.2. The quantitative estimate of drug-likeness (QED) is 0.0613. The van der Waals surface area contributed by atoms with Crippen LogP contribution in [0.3, 0.4) is 0 Å². The van der Waals surface area contributed by atoms with Crippen LogP contribution in [-0.4, -0.2) is 88.9 Å². The summed E-state index contributed by atoms with van der Waals surface area (Å²) in [6.45, 7) is 2.21. The third-order valence-corrected chi connectivity index (χ3v) is 7.65. The van der Waals surface area contributed by atoms with E-state index < -0.39 is 88.6 Å². The maximum absolute atomic E-state index is 12.9. The molecule has 256 valence electrons. The Balaban J connectivity index is 2.65. The lowest BCUT2D eigenvalue weighted by Gasteiger charge is -2.20. The van der Waals surface area contributed by atoms with Crippen molar-refractivity contribution in [3.05, 3.63) is 35.4 Å². The Morgan fingerprint density at radius 1 is 0.804 bits per heavy atom. The number of ketones is 1. The van der Waals surface area contributed by atoms with Gasteiger partial charge in [0.05, 0.1) is 17.7 Å². The van der Waals surface area contributed by atoms with Gasteiger partial charge in [0.1, 0.15) is 6.04 Å². The molecule has 0 saturated heterocycles. The van der Waals surface area contributed by atoms with Crippen LogP contribution in [0.5, 0.6) is 0 Å². The number of aryl methyl sites for hydroxylation is 1. The van der Waals surface area contributed by atoms with Crippen molar-refractivity contribution in [3.8, 4) is 0 Å². The summed E-state index contributed by atoms with van der Waals surface area (Å²) in [7, 11) is -4.54. The van der Waals surface area contributed by atoms with E-state index in [1.165, 1.54) is 0 Å². The van der Waals surface area contributed by atoms with Crippen molar-refractivity contribution in [2.24, 2.45) is 11.7 Å². The molecule has 0 saturated carbocycles. The number of carboxylic acid groups (broad SMARTS) is 2. The molecule has 0 fully saturated rings. The maximum Gasteiger partial charge on any atom is 0.306 e. The first kappa shape index (κ1) is 39.6. The van der Waals surface area contributed by atoms with E-state index in [1.54, 1.807) is 12.1 Å². The van der Waals surface area contributed by atoms with Crippen LogP contribution in [0.4, 0.5) is 0 Å². The van der Waals surface area contributed by atoms with Crippen LogP contribution in [0.15, 0.2) is 24.3 Å². The molecule has 8 N–H and O–H groups in total. The minimum Gasteiger partial charge on any atom is -0.481 e. The van der Waals surface area contributed by atoms with E-state index in [0.29, 0.717) is 24.9 Å². The van der Waals surface area contributed by atoms with Crippen molar-refractivity contribution < 1.29 is 56.7 Å². The number of carboxylic acids is 2. The second kappa shape index (κ2) is 19.9. The lowest BCUT2D eigenvalue weighted by molar-refractivity contribution is -0.144. The largest absolute Gasteiger partial charge is 0.481 e. The Morgan fingerprint density at radius 3 is 1.98 bits per heavy atom. The number of amides is 4. The van der Waals surface area contributed by atoms with Crippen LogP contribution >= 0.6 is 0 Å². The van der Waals surface area contributed by atoms with E-state index in [1.807, 2.05) is 19.1 Å². The molecule has 3 unspecified atom stereocenters. The molecule has 1 aromatic rings. The van der Waals surface area contributed by atoms with Gasteiger partial charge >= 0.3 is 11.9 Å². The number of hydrogen-bond acceptors (Lipinski definition) is 9. The number of hydrogen-bond donors (Lipinski definition) is 7. The predicted molar refractivity (Wildman–Crippen MR) is 163 cm³/mol. The van der Waals surface area contributed by atoms with Gasteiger partial charge in [-0.15, -0.1) is 0 Å². The van der Waals surface area contributed by atoms with Gasteiger partial charge in [0.25, 0.3) is 16.0 Å². The Morgan fingerprint density at radius 2 is 1.41 bits per heavy atom. The molecule has 1 rings (SSSR count). The van der Waals surface area contributed by atoms with Gasteiger partial charge in [-0.1, -0.05) is 17.7 Å². The Kier molecular flexibility index (Phi) is 17.1. The average Bonchev–Trinajstić information content (AvgIpc) is 2.95. The Bertz CT molecular complexity index is 1350. The maximum atomic E-state index is 12.9. The molecule has 46 heavy (non-hydrogen) atoms. The second-order valence-corrected chi connectivity index (χ2v) is 12.4. The standard InChI is InChI=1S/C29H42N4O12S/c1-18-8-10-19(11-9-18)28(40)31-15-3-2-5-22(27(30)39)33-25(36)13-12-20(29(41)42)17-23(34)21(14-16-46(43,44)45)32-24(35)6-4-7-26(37)38/h8-11,20-22H,2-7,12-17H2,1H3,(H2,30,39)(H,31,40)(H,32,35)(H,33,36)(H,37,38)(H,41,42)(H,43,44,45). The number of aliphatic carboxylic acids is 2. The highest BCUT2D eigenvalue weighted by Gasteiger charge is 2.29. The molecule has 1 aromatic carbocycles. The molecular weight excluding hydrogens is 628 g/mol. The van der Waals surface area contributed by atoms with E-state index in [4.69, 9.17) is 15.4 Å². The zero-order chi connectivity index (χ0) is 34.9. The number of rotatable bonds is 23. The number of benzene rings is 1. The van der Waals surface area contributed by atoms with E-state index in [9.17, 15) is 47.1 Å². The van der Waals surface area contributed by atoms with Gasteiger partial charge in [-0.3, -0.25) is 38.1 Å². The first-order valence-corrected chi connectivity index (χ1v) is 16.2. The van der Waals surface area contributed by atoms with Crippen molar-refractivity contribution in [2.45, 2.75) is 83.2 Å². The fraction of sp³-hybridized carbons (Fsp3) is 0.552. The van der Waals surface area contributed by atoms with Gasteiger partial charge in [-0.2, -0.15) is 8.42 Å². The third kappa shape index (κ3) is 17.2. The van der Waals surface area contributed by atoms with E-state index in [2.05, 4.69) is 16.0 Å². The second-order valence-electron chi connectivity index (χ2n) is 10.8. The summed E-state index contributed by atoms with van der Waals surface area (Å²) < 4.78 is 31.5. The minimum atomic E-state index is -4.54. The van der Waals surface area contributed by atoms with Crippen molar-refractivity contribution in [2.75, 3.05) is 12.3 Å². The fourth-order valence-electron chi connectivity index (χ4n) is 4.28. The molecule has 0 heterocycles. The van der Waals surface area contributed by atoms with Crippen LogP contribution in [0.1, 0.15) is 80.1 Å². The zero-order valence-electron chi connectivity index (χ0n) is 25.5. The molecule has 16 nitrogen and oxygen atoms in total. The summed E-state index contributed by atoms with van der Waals surface area (Å²) in [6, 6.07) is 4.46. The van der Waals surface area contributed by atoms with Crippen LogP contribution in [-0.2, 0) is 38.9 Å². The van der Waals surface area contributed by atoms with E-state index >= 15 is 0 Å². The summed E-state index contributed by atoms with van der Waals surface area (Å²) in [5.74, 6) is -8.34. The molecule has 0 aromatic heterocycles. The fourth-order valence-corrected chi connectivity index (χ4v) is 4.82. The number of carbonyl (C=O) groups excluding carboxylic acids is 5. The molecule has 17 heteroatoms. The van der Waals surface area contributed by atoms with E-state index in [0.717, 1.165) is 5.56 Å². The number of nitrogens with one attached hydrogen (secondary N) is 3. The van der Waals surface area contributed by atoms with Gasteiger partial charge in [-0.25, -0.2) is 0 Å². The summed E-state index contributed by atoms with van der Waals surface area (Å²) in [6.07, 6.45) is -1.65. The Labute approximate surface area is 266 Å².